The summed E-state index contributed by atoms with van der Waals surface area (Å²) in [7, 11) is 0. The second kappa shape index (κ2) is 3.97. The molecule has 0 aromatic heterocycles. The van der Waals surface area contributed by atoms with Gasteiger partial charge in [0.1, 0.15) is 0 Å². The first kappa shape index (κ1) is 8.06. The maximum absolute atomic E-state index is 5.53. The van der Waals surface area contributed by atoms with Crippen LogP contribution in [0.15, 0.2) is 0 Å². The molecule has 0 spiro atoms. The average molecular weight is 141 g/mol. The lowest BCUT2D eigenvalue weighted by Crippen LogP contribution is -2.20. The van der Waals surface area contributed by atoms with Crippen molar-refractivity contribution < 1.29 is 4.74 Å². The van der Waals surface area contributed by atoms with E-state index < -0.39 is 0 Å². The van der Waals surface area contributed by atoms with Crippen molar-refractivity contribution in [3.8, 4) is 0 Å². The lowest BCUT2D eigenvalue weighted by Gasteiger charge is -2.26. The first-order valence-corrected chi connectivity index (χ1v) is 4.23. The summed E-state index contributed by atoms with van der Waals surface area (Å²) >= 11 is 0. The monoisotopic (exact) mass is 141 g/mol. The summed E-state index contributed by atoms with van der Waals surface area (Å²) in [6, 6.07) is 0. The van der Waals surface area contributed by atoms with Crippen LogP contribution in [-0.2, 0) is 4.74 Å². The Kier molecular flexibility index (Phi) is 3.20. The van der Waals surface area contributed by atoms with Crippen molar-refractivity contribution in [3.05, 3.63) is 6.92 Å². The van der Waals surface area contributed by atoms with Crippen LogP contribution in [0.3, 0.4) is 0 Å². The van der Waals surface area contributed by atoms with Crippen molar-refractivity contribution in [1.82, 2.24) is 0 Å². The molecule has 1 heteroatoms. The van der Waals surface area contributed by atoms with Gasteiger partial charge in [-0.3, -0.25) is 0 Å². The molecule has 1 atom stereocenters. The third-order valence-corrected chi connectivity index (χ3v) is 2.25. The Morgan fingerprint density at radius 2 is 2.30 bits per heavy atom. The molecule has 59 valence electrons. The maximum atomic E-state index is 5.53. The van der Waals surface area contributed by atoms with E-state index in [1.165, 1.54) is 19.3 Å². The second-order valence-corrected chi connectivity index (χ2v) is 3.23. The van der Waals surface area contributed by atoms with E-state index in [9.17, 15) is 0 Å². The highest BCUT2D eigenvalue weighted by Crippen LogP contribution is 2.26. The highest BCUT2D eigenvalue weighted by atomic mass is 16.5. The van der Waals surface area contributed by atoms with Gasteiger partial charge < -0.3 is 4.74 Å². The van der Waals surface area contributed by atoms with Gasteiger partial charge in [-0.1, -0.05) is 13.3 Å². The minimum Gasteiger partial charge on any atom is -0.378 e. The third kappa shape index (κ3) is 2.30. The van der Waals surface area contributed by atoms with Crippen LogP contribution in [0, 0.1) is 12.8 Å². The summed E-state index contributed by atoms with van der Waals surface area (Å²) < 4.78 is 5.53. The normalized spacial score (nSPS) is 22.2. The Morgan fingerprint density at radius 3 is 2.70 bits per heavy atom. The molecule has 1 rings (SSSR count). The number of ether oxygens (including phenoxy) is 1. The topological polar surface area (TPSA) is 9.23 Å². The number of hydrogen-bond acceptors (Lipinski definition) is 1. The summed E-state index contributed by atoms with van der Waals surface area (Å²) in [6.45, 7) is 6.84. The van der Waals surface area contributed by atoms with Crippen molar-refractivity contribution in [2.75, 3.05) is 6.61 Å². The van der Waals surface area contributed by atoms with Crippen molar-refractivity contribution in [2.24, 2.45) is 5.92 Å². The zero-order valence-corrected chi connectivity index (χ0v) is 6.81. The van der Waals surface area contributed by atoms with Crippen LogP contribution in [-0.4, -0.2) is 12.7 Å². The molecule has 1 saturated carbocycles. The predicted octanol–water partition coefficient (Wildman–Crippen LogP) is 2.42. The van der Waals surface area contributed by atoms with E-state index in [2.05, 4.69) is 13.8 Å². The summed E-state index contributed by atoms with van der Waals surface area (Å²) in [5, 5.41) is 0. The summed E-state index contributed by atoms with van der Waals surface area (Å²) in [5.74, 6) is 0.869. The van der Waals surface area contributed by atoms with Crippen LogP contribution >= 0.6 is 0 Å². The van der Waals surface area contributed by atoms with Crippen molar-refractivity contribution >= 4 is 0 Å². The average Bonchev–Trinajstić information content (AvgIpc) is 1.84. The van der Waals surface area contributed by atoms with Gasteiger partial charge in [0, 0.05) is 6.61 Å². The minimum absolute atomic E-state index is 0.362. The van der Waals surface area contributed by atoms with E-state index >= 15 is 0 Å². The van der Waals surface area contributed by atoms with Gasteiger partial charge in [0.2, 0.25) is 0 Å². The fraction of sp³-hybridized carbons (Fsp3) is 0.889. The van der Waals surface area contributed by atoms with Crippen molar-refractivity contribution in [3.63, 3.8) is 0 Å². The molecular weight excluding hydrogens is 124 g/mol. The van der Waals surface area contributed by atoms with Gasteiger partial charge in [-0.05, 0) is 32.1 Å². The van der Waals surface area contributed by atoms with Crippen LogP contribution < -0.4 is 0 Å². The van der Waals surface area contributed by atoms with Gasteiger partial charge >= 0.3 is 0 Å². The van der Waals surface area contributed by atoms with Crippen molar-refractivity contribution in [2.45, 2.75) is 38.7 Å². The van der Waals surface area contributed by atoms with Gasteiger partial charge in [0.25, 0.3) is 0 Å². The predicted molar refractivity (Wildman–Crippen MR) is 42.7 cm³/mol. The second-order valence-electron chi connectivity index (χ2n) is 3.23. The molecule has 1 aliphatic rings. The summed E-state index contributed by atoms with van der Waals surface area (Å²) in [4.78, 5) is 0. The van der Waals surface area contributed by atoms with E-state index in [-0.39, 0.29) is 0 Å². The molecule has 10 heavy (non-hydrogen) atoms. The molecule has 1 radical (unpaired) electrons. The molecule has 0 aromatic rings. The molecular formula is C9H17O. The molecule has 1 nitrogen and oxygen atoms in total. The molecule has 0 aliphatic heterocycles. The third-order valence-electron chi connectivity index (χ3n) is 2.25. The minimum atomic E-state index is 0.362. The quantitative estimate of drug-likeness (QED) is 0.584. The smallest absolute Gasteiger partial charge is 0.0547 e. The zero-order chi connectivity index (χ0) is 7.40. The number of rotatable bonds is 4. The summed E-state index contributed by atoms with van der Waals surface area (Å²) in [6.07, 6.45) is 5.42. The molecule has 0 heterocycles. The molecule has 0 saturated heterocycles. The van der Waals surface area contributed by atoms with Gasteiger partial charge in [-0.2, -0.15) is 0 Å². The summed E-state index contributed by atoms with van der Waals surface area (Å²) in [5.41, 5.74) is 0. The Hall–Kier alpha value is -0.0400. The van der Waals surface area contributed by atoms with Crippen LogP contribution in [0.5, 0.6) is 0 Å². The Balaban J connectivity index is 1.93. The van der Waals surface area contributed by atoms with Gasteiger partial charge in [-0.25, -0.2) is 0 Å². The van der Waals surface area contributed by atoms with Gasteiger partial charge in [0.05, 0.1) is 6.10 Å². The van der Waals surface area contributed by atoms with Gasteiger partial charge in [-0.15, -0.1) is 0 Å². The first-order valence-electron chi connectivity index (χ1n) is 4.23. The maximum Gasteiger partial charge on any atom is 0.0547 e. The van der Waals surface area contributed by atoms with Crippen LogP contribution in [0.2, 0.25) is 0 Å². The van der Waals surface area contributed by atoms with Crippen LogP contribution in [0.1, 0.15) is 32.6 Å². The highest BCUT2D eigenvalue weighted by Gasteiger charge is 2.17. The molecule has 0 amide bonds. The Labute approximate surface area is 63.8 Å². The molecule has 1 fully saturated rings. The first-order chi connectivity index (χ1) is 4.83. The molecule has 1 aliphatic carbocycles. The fourth-order valence-electron chi connectivity index (χ4n) is 1.04. The Morgan fingerprint density at radius 1 is 1.60 bits per heavy atom. The van der Waals surface area contributed by atoms with E-state index in [0.717, 1.165) is 18.9 Å². The van der Waals surface area contributed by atoms with Gasteiger partial charge in [0.15, 0.2) is 0 Å². The largest absolute Gasteiger partial charge is 0.378 e. The highest BCUT2D eigenvalue weighted by molar-refractivity contribution is 4.69. The molecule has 0 aromatic carbocycles. The van der Waals surface area contributed by atoms with E-state index in [4.69, 9.17) is 4.74 Å². The zero-order valence-electron chi connectivity index (χ0n) is 6.81. The SMILES string of the molecule is [CH2]CC(C)OCC1CCC1. The lowest BCUT2D eigenvalue weighted by molar-refractivity contribution is 0.0216. The van der Waals surface area contributed by atoms with Crippen LogP contribution in [0.4, 0.5) is 0 Å². The van der Waals surface area contributed by atoms with E-state index in [1.54, 1.807) is 0 Å². The molecule has 0 bridgehead atoms. The standard InChI is InChI=1S/C9H17O/c1-3-8(2)10-7-9-5-4-6-9/h8-9H,1,3-7H2,2H3. The molecule has 1 unspecified atom stereocenters. The van der Waals surface area contributed by atoms with E-state index in [1.807, 2.05) is 0 Å². The lowest BCUT2D eigenvalue weighted by atomic mass is 9.86. The molecule has 0 N–H and O–H groups in total. The van der Waals surface area contributed by atoms with Crippen LogP contribution in [0.25, 0.3) is 0 Å². The fourth-order valence-corrected chi connectivity index (χ4v) is 1.04. The van der Waals surface area contributed by atoms with E-state index in [0.29, 0.717) is 6.10 Å². The van der Waals surface area contributed by atoms with Crippen molar-refractivity contribution in [1.29, 1.82) is 0 Å². The number of hydrogen-bond donors (Lipinski definition) is 0. The Bertz CT molecular complexity index is 82.0.